The summed E-state index contributed by atoms with van der Waals surface area (Å²) in [6, 6.07) is 0. The molecule has 0 bridgehead atoms. The maximum atomic E-state index is 12.7. The van der Waals surface area contributed by atoms with Crippen molar-refractivity contribution in [3.63, 3.8) is 0 Å². The summed E-state index contributed by atoms with van der Waals surface area (Å²) in [4.78, 5) is 25.3. The Morgan fingerprint density at radius 3 is 1.51 bits per heavy atom. The van der Waals surface area contributed by atoms with E-state index in [-0.39, 0.29) is 26.1 Å². The number of aliphatic hydroxyl groups excluding tert-OH is 4. The van der Waals surface area contributed by atoms with Gasteiger partial charge in [0, 0.05) is 12.8 Å². The Morgan fingerprint density at radius 2 is 1.00 bits per heavy atom. The zero-order valence-electron chi connectivity index (χ0n) is 34.9. The molecule has 55 heavy (non-hydrogen) atoms. The topological polar surface area (TPSA) is 152 Å². The van der Waals surface area contributed by atoms with E-state index in [0.717, 1.165) is 38.5 Å². The molecule has 4 N–H and O–H groups in total. The number of hydrogen-bond donors (Lipinski definition) is 4. The van der Waals surface area contributed by atoms with E-state index < -0.39 is 55.4 Å². The minimum Gasteiger partial charge on any atom is -0.462 e. The average molecular weight is 783 g/mol. The number of unbranched alkanes of at least 4 members (excludes halogenated alkanes) is 22. The molecule has 6 atom stereocenters. The van der Waals surface area contributed by atoms with Crippen LogP contribution in [-0.4, -0.2) is 89.0 Å². The molecule has 1 aliphatic rings. The lowest BCUT2D eigenvalue weighted by Gasteiger charge is -2.39. The molecule has 1 rings (SSSR count). The van der Waals surface area contributed by atoms with Crippen LogP contribution in [-0.2, 0) is 28.5 Å². The van der Waals surface area contributed by atoms with Crippen molar-refractivity contribution in [3.8, 4) is 0 Å². The molecular formula is C45H82O10. The molecule has 1 aliphatic heterocycles. The molecule has 0 aromatic rings. The van der Waals surface area contributed by atoms with E-state index in [4.69, 9.17) is 18.9 Å². The van der Waals surface area contributed by atoms with E-state index in [1.807, 2.05) is 6.08 Å². The Kier molecular flexibility index (Phi) is 34.0. The predicted molar refractivity (Wildman–Crippen MR) is 219 cm³/mol. The zero-order valence-corrected chi connectivity index (χ0v) is 34.9. The molecule has 1 saturated heterocycles. The molecule has 0 aromatic heterocycles. The highest BCUT2D eigenvalue weighted by Gasteiger charge is 2.44. The summed E-state index contributed by atoms with van der Waals surface area (Å²) in [6.45, 7) is 3.37. The van der Waals surface area contributed by atoms with Gasteiger partial charge >= 0.3 is 11.9 Å². The fourth-order valence-electron chi connectivity index (χ4n) is 6.73. The van der Waals surface area contributed by atoms with E-state index in [1.165, 1.54) is 116 Å². The van der Waals surface area contributed by atoms with Crippen molar-refractivity contribution in [2.75, 3.05) is 19.8 Å². The van der Waals surface area contributed by atoms with Gasteiger partial charge in [-0.05, 0) is 51.4 Å². The van der Waals surface area contributed by atoms with Gasteiger partial charge in [-0.25, -0.2) is 0 Å². The lowest BCUT2D eigenvalue weighted by molar-refractivity contribution is -0.305. The van der Waals surface area contributed by atoms with Crippen LogP contribution in [0.5, 0.6) is 0 Å². The second-order valence-corrected chi connectivity index (χ2v) is 15.5. The van der Waals surface area contributed by atoms with Crippen LogP contribution in [0, 0.1) is 0 Å². The SMILES string of the molecule is CCCCCC/C=C/CCCCCCCCCC(=O)O[C@@H](COC(=O)CC/C=C/CCCCCCCCCCCCC)CO[C@H]1O[C@@H](CO)[C@@H](O)C(O)C1O. The van der Waals surface area contributed by atoms with Gasteiger partial charge in [-0.2, -0.15) is 0 Å². The highest BCUT2D eigenvalue weighted by atomic mass is 16.7. The first-order valence-corrected chi connectivity index (χ1v) is 22.4. The van der Waals surface area contributed by atoms with E-state index in [0.29, 0.717) is 12.8 Å². The Morgan fingerprint density at radius 1 is 0.545 bits per heavy atom. The largest absolute Gasteiger partial charge is 0.462 e. The number of rotatable bonds is 37. The summed E-state index contributed by atoms with van der Waals surface area (Å²) in [5.41, 5.74) is 0. The monoisotopic (exact) mass is 783 g/mol. The van der Waals surface area contributed by atoms with Crippen molar-refractivity contribution in [1.29, 1.82) is 0 Å². The fourth-order valence-corrected chi connectivity index (χ4v) is 6.73. The van der Waals surface area contributed by atoms with Crippen molar-refractivity contribution < 1.29 is 49.0 Å². The lowest BCUT2D eigenvalue weighted by Crippen LogP contribution is -2.59. The number of esters is 2. The molecule has 2 unspecified atom stereocenters. The molecule has 0 aliphatic carbocycles. The minimum absolute atomic E-state index is 0.193. The van der Waals surface area contributed by atoms with E-state index in [2.05, 4.69) is 32.1 Å². The number of carbonyl (C=O) groups is 2. The third-order valence-corrected chi connectivity index (χ3v) is 10.3. The third kappa shape index (κ3) is 28.3. The first-order chi connectivity index (χ1) is 26.8. The van der Waals surface area contributed by atoms with Crippen LogP contribution in [0.3, 0.4) is 0 Å². The van der Waals surface area contributed by atoms with Crippen LogP contribution in [0.1, 0.15) is 194 Å². The summed E-state index contributed by atoms with van der Waals surface area (Å²) in [6.07, 6.45) is 31.9. The number of hydrogen-bond acceptors (Lipinski definition) is 10. The van der Waals surface area contributed by atoms with Crippen LogP contribution in [0.2, 0.25) is 0 Å². The second-order valence-electron chi connectivity index (χ2n) is 15.5. The molecule has 10 heteroatoms. The first-order valence-electron chi connectivity index (χ1n) is 22.4. The molecule has 0 radical (unpaired) electrons. The summed E-state index contributed by atoms with van der Waals surface area (Å²) in [7, 11) is 0. The molecule has 10 nitrogen and oxygen atoms in total. The summed E-state index contributed by atoms with van der Waals surface area (Å²) in [5.74, 6) is -0.864. The normalized spacial score (nSPS) is 20.7. The lowest BCUT2D eigenvalue weighted by atomic mass is 9.99. The summed E-state index contributed by atoms with van der Waals surface area (Å²) < 4.78 is 22.1. The van der Waals surface area contributed by atoms with Crippen LogP contribution < -0.4 is 0 Å². The highest BCUT2D eigenvalue weighted by Crippen LogP contribution is 2.22. The van der Waals surface area contributed by atoms with Crippen molar-refractivity contribution >= 4 is 11.9 Å². The minimum atomic E-state index is -1.60. The molecule has 0 aromatic carbocycles. The molecule has 0 amide bonds. The van der Waals surface area contributed by atoms with Gasteiger partial charge in [0.1, 0.15) is 31.0 Å². The maximum Gasteiger partial charge on any atom is 0.306 e. The number of aliphatic hydroxyl groups is 4. The zero-order chi connectivity index (χ0) is 40.2. The van der Waals surface area contributed by atoms with E-state index >= 15 is 0 Å². The third-order valence-electron chi connectivity index (χ3n) is 10.3. The van der Waals surface area contributed by atoms with Crippen LogP contribution in [0.15, 0.2) is 24.3 Å². The Bertz CT molecular complexity index is 954. The fraction of sp³-hybridized carbons (Fsp3) is 0.867. The van der Waals surface area contributed by atoms with Gasteiger partial charge in [0.05, 0.1) is 13.2 Å². The molecule has 0 saturated carbocycles. The van der Waals surface area contributed by atoms with Crippen molar-refractivity contribution in [2.45, 2.75) is 230 Å². The highest BCUT2D eigenvalue weighted by molar-refractivity contribution is 5.70. The van der Waals surface area contributed by atoms with E-state index in [1.54, 1.807) is 0 Å². The van der Waals surface area contributed by atoms with Gasteiger partial charge in [-0.3, -0.25) is 9.59 Å². The number of carbonyl (C=O) groups excluding carboxylic acids is 2. The van der Waals surface area contributed by atoms with Crippen LogP contribution in [0.4, 0.5) is 0 Å². The average Bonchev–Trinajstić information content (AvgIpc) is 3.18. The molecule has 322 valence electrons. The van der Waals surface area contributed by atoms with Crippen molar-refractivity contribution in [1.82, 2.24) is 0 Å². The first kappa shape index (κ1) is 51.2. The second kappa shape index (κ2) is 36.5. The Balaban J connectivity index is 2.35. The molecule has 0 spiro atoms. The van der Waals surface area contributed by atoms with Gasteiger partial charge in [0.15, 0.2) is 12.4 Å². The van der Waals surface area contributed by atoms with Crippen LogP contribution in [0.25, 0.3) is 0 Å². The molecule has 1 fully saturated rings. The Labute approximate surface area is 334 Å². The predicted octanol–water partition coefficient (Wildman–Crippen LogP) is 9.33. The maximum absolute atomic E-state index is 12.7. The summed E-state index contributed by atoms with van der Waals surface area (Å²) in [5, 5.41) is 40.0. The van der Waals surface area contributed by atoms with Crippen molar-refractivity contribution in [2.24, 2.45) is 0 Å². The molecule has 1 heterocycles. The Hall–Kier alpha value is -1.82. The van der Waals surface area contributed by atoms with Crippen molar-refractivity contribution in [3.05, 3.63) is 24.3 Å². The quantitative estimate of drug-likeness (QED) is 0.0273. The number of allylic oxidation sites excluding steroid dienone is 4. The van der Waals surface area contributed by atoms with Crippen LogP contribution >= 0.6 is 0 Å². The van der Waals surface area contributed by atoms with Gasteiger partial charge in [0.25, 0.3) is 0 Å². The van der Waals surface area contributed by atoms with Gasteiger partial charge in [-0.15, -0.1) is 0 Å². The number of ether oxygens (including phenoxy) is 4. The van der Waals surface area contributed by atoms with Gasteiger partial charge in [0.2, 0.25) is 0 Å². The van der Waals surface area contributed by atoms with Gasteiger partial charge < -0.3 is 39.4 Å². The van der Waals surface area contributed by atoms with Gasteiger partial charge in [-0.1, -0.05) is 154 Å². The summed E-state index contributed by atoms with van der Waals surface area (Å²) >= 11 is 0. The smallest absolute Gasteiger partial charge is 0.306 e. The van der Waals surface area contributed by atoms with E-state index in [9.17, 15) is 30.0 Å². The standard InChI is InChI=1S/C45H82O10/c1-3-5-7-9-11-13-15-17-19-21-23-25-27-29-31-33-40(47)52-36-38(37-53-45-44(51)43(50)42(49)39(35-46)55-45)54-41(48)34-32-30-28-26-24-22-20-18-16-14-12-10-8-6-4-2/h14,16,27,29,38-39,42-46,49-51H,3-13,15,17-26,28,30-37H2,1-2H3/b16-14+,29-27+/t38-,39-,42+,43?,44?,45-/m0/s1. The molecular weight excluding hydrogens is 700 g/mol.